The summed E-state index contributed by atoms with van der Waals surface area (Å²) >= 11 is 1.45. The number of rotatable bonds is 5. The topological polar surface area (TPSA) is 60.5 Å². The third-order valence-corrected chi connectivity index (χ3v) is 4.88. The molecule has 0 unspecified atom stereocenters. The van der Waals surface area contributed by atoms with Crippen LogP contribution in [-0.4, -0.2) is 25.1 Å². The van der Waals surface area contributed by atoms with E-state index in [0.717, 1.165) is 16.1 Å². The second-order valence-electron chi connectivity index (χ2n) is 5.88. The van der Waals surface area contributed by atoms with E-state index in [-0.39, 0.29) is 5.91 Å². The first-order valence-corrected chi connectivity index (χ1v) is 8.96. The number of ether oxygens (including phenoxy) is 2. The maximum absolute atomic E-state index is 12.6. The van der Waals surface area contributed by atoms with Gasteiger partial charge in [-0.25, -0.2) is 4.98 Å². The predicted molar refractivity (Wildman–Crippen MR) is 105 cm³/mol. The molecule has 0 saturated heterocycles. The Kier molecular flexibility index (Phi) is 5.23. The Morgan fingerprint density at radius 1 is 1.08 bits per heavy atom. The molecule has 6 heteroatoms. The van der Waals surface area contributed by atoms with Gasteiger partial charge in [-0.15, -0.1) is 11.3 Å². The molecule has 0 fully saturated rings. The van der Waals surface area contributed by atoms with Gasteiger partial charge >= 0.3 is 0 Å². The predicted octanol–water partition coefficient (Wildman–Crippen LogP) is 4.70. The fraction of sp³-hybridized carbons (Fsp3) is 0.200. The third-order valence-electron chi connectivity index (χ3n) is 4.01. The number of anilines is 1. The molecule has 26 heavy (non-hydrogen) atoms. The van der Waals surface area contributed by atoms with Gasteiger partial charge in [-0.2, -0.15) is 0 Å². The first-order chi connectivity index (χ1) is 12.5. The highest BCUT2D eigenvalue weighted by Crippen LogP contribution is 2.31. The summed E-state index contributed by atoms with van der Waals surface area (Å²) in [5.74, 6) is 0.911. The maximum atomic E-state index is 12.6. The van der Waals surface area contributed by atoms with E-state index in [1.807, 2.05) is 19.1 Å². The number of aromatic nitrogens is 1. The van der Waals surface area contributed by atoms with Gasteiger partial charge in [0, 0.05) is 17.0 Å². The van der Waals surface area contributed by atoms with Gasteiger partial charge < -0.3 is 14.8 Å². The molecule has 5 nitrogen and oxygen atoms in total. The Balaban J connectivity index is 1.82. The van der Waals surface area contributed by atoms with Crippen LogP contribution in [0, 0.1) is 13.8 Å². The molecule has 0 saturated carbocycles. The number of carbonyl (C=O) groups is 1. The number of hydrogen-bond acceptors (Lipinski definition) is 5. The molecule has 0 spiro atoms. The molecule has 1 heterocycles. The number of methoxy groups -OCH3 is 2. The van der Waals surface area contributed by atoms with Crippen LogP contribution in [0.15, 0.2) is 41.8 Å². The lowest BCUT2D eigenvalue weighted by Gasteiger charge is -2.10. The van der Waals surface area contributed by atoms with E-state index in [1.54, 1.807) is 37.8 Å². The van der Waals surface area contributed by atoms with E-state index in [2.05, 4.69) is 23.3 Å². The molecule has 0 radical (unpaired) electrons. The number of thiazole rings is 1. The highest BCUT2D eigenvalue weighted by molar-refractivity contribution is 7.13. The van der Waals surface area contributed by atoms with Gasteiger partial charge in [-0.1, -0.05) is 23.8 Å². The van der Waals surface area contributed by atoms with E-state index >= 15 is 0 Å². The number of hydrogen-bond donors (Lipinski definition) is 1. The Morgan fingerprint density at radius 3 is 2.58 bits per heavy atom. The van der Waals surface area contributed by atoms with Crippen molar-refractivity contribution >= 4 is 22.9 Å². The average molecular weight is 368 g/mol. The summed E-state index contributed by atoms with van der Waals surface area (Å²) in [6, 6.07) is 11.4. The minimum absolute atomic E-state index is 0.277. The van der Waals surface area contributed by atoms with Gasteiger partial charge in [0.05, 0.1) is 19.9 Å². The molecule has 2 aromatic carbocycles. The molecule has 1 aromatic heterocycles. The minimum Gasteiger partial charge on any atom is -0.497 e. The van der Waals surface area contributed by atoms with Crippen LogP contribution in [0.4, 0.5) is 5.69 Å². The van der Waals surface area contributed by atoms with Crippen LogP contribution in [-0.2, 0) is 0 Å². The number of amides is 1. The summed E-state index contributed by atoms with van der Waals surface area (Å²) in [5.41, 5.74) is 4.33. The summed E-state index contributed by atoms with van der Waals surface area (Å²) in [5, 5.41) is 5.43. The quantitative estimate of drug-likeness (QED) is 0.709. The van der Waals surface area contributed by atoms with Crippen LogP contribution in [0.1, 0.15) is 21.6 Å². The van der Waals surface area contributed by atoms with E-state index in [0.29, 0.717) is 22.9 Å². The van der Waals surface area contributed by atoms with Crippen molar-refractivity contribution in [3.63, 3.8) is 0 Å². The fourth-order valence-electron chi connectivity index (χ4n) is 2.64. The molecule has 0 bridgehead atoms. The summed E-state index contributed by atoms with van der Waals surface area (Å²) in [7, 11) is 3.13. The zero-order chi connectivity index (χ0) is 18.7. The van der Waals surface area contributed by atoms with Crippen LogP contribution in [0.3, 0.4) is 0 Å². The lowest BCUT2D eigenvalue weighted by Crippen LogP contribution is -2.13. The molecular weight excluding hydrogens is 348 g/mol. The Morgan fingerprint density at radius 2 is 1.88 bits per heavy atom. The standard InChI is InChI=1S/C20H20N2O3S/c1-12-5-7-15(13(2)9-12)20-22-17(11-26-20)19(23)21-16-8-6-14(24-3)10-18(16)25-4/h5-11H,1-4H3,(H,21,23). The van der Waals surface area contributed by atoms with Crippen molar-refractivity contribution in [2.24, 2.45) is 0 Å². The fourth-order valence-corrected chi connectivity index (χ4v) is 3.53. The van der Waals surface area contributed by atoms with Gasteiger partial charge in [0.25, 0.3) is 5.91 Å². The van der Waals surface area contributed by atoms with E-state index in [9.17, 15) is 4.79 Å². The molecule has 1 amide bonds. The molecule has 0 aliphatic carbocycles. The van der Waals surface area contributed by atoms with Crippen LogP contribution >= 0.6 is 11.3 Å². The lowest BCUT2D eigenvalue weighted by atomic mass is 10.1. The minimum atomic E-state index is -0.277. The van der Waals surface area contributed by atoms with Gasteiger partial charge in [-0.05, 0) is 31.5 Å². The second kappa shape index (κ2) is 7.58. The zero-order valence-corrected chi connectivity index (χ0v) is 15.9. The molecule has 134 valence electrons. The molecule has 3 rings (SSSR count). The Labute approximate surface area is 156 Å². The van der Waals surface area contributed by atoms with E-state index in [4.69, 9.17) is 9.47 Å². The molecule has 3 aromatic rings. The van der Waals surface area contributed by atoms with Crippen LogP contribution in [0.5, 0.6) is 11.5 Å². The van der Waals surface area contributed by atoms with Crippen molar-refractivity contribution in [2.45, 2.75) is 13.8 Å². The van der Waals surface area contributed by atoms with Crippen LogP contribution in [0.2, 0.25) is 0 Å². The molecule has 0 atom stereocenters. The van der Waals surface area contributed by atoms with E-state index in [1.165, 1.54) is 16.9 Å². The lowest BCUT2D eigenvalue weighted by molar-refractivity contribution is 0.102. The number of aryl methyl sites for hydroxylation is 2. The molecule has 0 aliphatic rings. The number of nitrogens with zero attached hydrogens (tertiary/aromatic N) is 1. The van der Waals surface area contributed by atoms with Gasteiger partial charge in [0.1, 0.15) is 22.2 Å². The molecule has 1 N–H and O–H groups in total. The highest BCUT2D eigenvalue weighted by atomic mass is 32.1. The van der Waals surface area contributed by atoms with Crippen molar-refractivity contribution in [1.29, 1.82) is 0 Å². The first-order valence-electron chi connectivity index (χ1n) is 8.08. The van der Waals surface area contributed by atoms with Crippen LogP contribution < -0.4 is 14.8 Å². The SMILES string of the molecule is COc1ccc(NC(=O)c2csc(-c3ccc(C)cc3C)n2)c(OC)c1. The maximum Gasteiger partial charge on any atom is 0.275 e. The number of carbonyl (C=O) groups excluding carboxylic acids is 1. The Bertz CT molecular complexity index is 950. The summed E-state index contributed by atoms with van der Waals surface area (Å²) in [4.78, 5) is 17.1. The van der Waals surface area contributed by atoms with Gasteiger partial charge in [-0.3, -0.25) is 4.79 Å². The highest BCUT2D eigenvalue weighted by Gasteiger charge is 2.15. The normalized spacial score (nSPS) is 10.5. The third kappa shape index (κ3) is 3.70. The van der Waals surface area contributed by atoms with Crippen LogP contribution in [0.25, 0.3) is 10.6 Å². The van der Waals surface area contributed by atoms with Gasteiger partial charge in [0.15, 0.2) is 0 Å². The van der Waals surface area contributed by atoms with Crippen molar-refractivity contribution < 1.29 is 14.3 Å². The zero-order valence-electron chi connectivity index (χ0n) is 15.1. The number of benzene rings is 2. The Hall–Kier alpha value is -2.86. The van der Waals surface area contributed by atoms with Crippen molar-refractivity contribution in [2.75, 3.05) is 19.5 Å². The molecule has 0 aliphatic heterocycles. The van der Waals surface area contributed by atoms with Crippen molar-refractivity contribution in [1.82, 2.24) is 4.98 Å². The monoisotopic (exact) mass is 368 g/mol. The second-order valence-corrected chi connectivity index (χ2v) is 6.73. The van der Waals surface area contributed by atoms with E-state index < -0.39 is 0 Å². The van der Waals surface area contributed by atoms with Crippen molar-refractivity contribution in [3.05, 3.63) is 58.6 Å². The van der Waals surface area contributed by atoms with Gasteiger partial charge in [0.2, 0.25) is 0 Å². The molecular formula is C20H20N2O3S. The smallest absolute Gasteiger partial charge is 0.275 e. The van der Waals surface area contributed by atoms with Crippen molar-refractivity contribution in [3.8, 4) is 22.1 Å². The summed E-state index contributed by atoms with van der Waals surface area (Å²) in [6.07, 6.45) is 0. The summed E-state index contributed by atoms with van der Waals surface area (Å²) < 4.78 is 10.5. The largest absolute Gasteiger partial charge is 0.497 e. The average Bonchev–Trinajstić information content (AvgIpc) is 3.12. The number of nitrogens with one attached hydrogen (secondary N) is 1. The first kappa shape index (κ1) is 17.9. The summed E-state index contributed by atoms with van der Waals surface area (Å²) in [6.45, 7) is 4.10.